The molecule has 21 heavy (non-hydrogen) atoms. The van der Waals surface area contributed by atoms with Gasteiger partial charge in [-0.15, -0.1) is 0 Å². The Hall–Kier alpha value is -1.97. The van der Waals surface area contributed by atoms with Gasteiger partial charge in [-0.1, -0.05) is 37.3 Å². The fourth-order valence-electron chi connectivity index (χ4n) is 3.05. The van der Waals surface area contributed by atoms with Crippen LogP contribution in [-0.2, 0) is 6.42 Å². The van der Waals surface area contributed by atoms with Gasteiger partial charge in [0.2, 0.25) is 5.95 Å². The lowest BCUT2D eigenvalue weighted by molar-refractivity contribution is 0.411. The third-order valence-electron chi connectivity index (χ3n) is 4.27. The van der Waals surface area contributed by atoms with Crippen molar-refractivity contribution in [3.8, 4) is 0 Å². The van der Waals surface area contributed by atoms with E-state index >= 15 is 0 Å². The van der Waals surface area contributed by atoms with Crippen LogP contribution in [0.15, 0.2) is 36.7 Å². The molecule has 4 nitrogen and oxygen atoms in total. The van der Waals surface area contributed by atoms with Crippen molar-refractivity contribution in [3.63, 3.8) is 0 Å². The van der Waals surface area contributed by atoms with Gasteiger partial charge < -0.3 is 5.32 Å². The van der Waals surface area contributed by atoms with Gasteiger partial charge in [-0.2, -0.15) is 4.98 Å². The average molecular weight is 282 g/mol. The third-order valence-corrected chi connectivity index (χ3v) is 4.27. The number of hydrogen-bond donors (Lipinski definition) is 1. The van der Waals surface area contributed by atoms with E-state index in [2.05, 4.69) is 57.5 Å². The van der Waals surface area contributed by atoms with Gasteiger partial charge in [-0.05, 0) is 37.2 Å². The minimum absolute atomic E-state index is 0.483. The fraction of sp³-hybridized carbons (Fsp3) is 0.471. The summed E-state index contributed by atoms with van der Waals surface area (Å²) in [5, 5.41) is 3.47. The Morgan fingerprint density at radius 2 is 1.81 bits per heavy atom. The summed E-state index contributed by atoms with van der Waals surface area (Å²) in [5.74, 6) is 2.28. The van der Waals surface area contributed by atoms with Crippen LogP contribution in [0.25, 0.3) is 0 Å². The predicted octanol–water partition coefficient (Wildman–Crippen LogP) is 3.57. The van der Waals surface area contributed by atoms with E-state index in [1.165, 1.54) is 31.2 Å². The Morgan fingerprint density at radius 3 is 2.52 bits per heavy atom. The Kier molecular flexibility index (Phi) is 4.43. The highest BCUT2D eigenvalue weighted by Crippen LogP contribution is 2.33. The van der Waals surface area contributed by atoms with Crippen molar-refractivity contribution in [2.45, 2.75) is 51.0 Å². The van der Waals surface area contributed by atoms with Crippen LogP contribution in [0, 0.1) is 0 Å². The molecule has 3 rings (SSSR count). The summed E-state index contributed by atoms with van der Waals surface area (Å²) >= 11 is 0. The van der Waals surface area contributed by atoms with Gasteiger partial charge in [-0.3, -0.25) is 0 Å². The molecule has 1 saturated carbocycles. The summed E-state index contributed by atoms with van der Waals surface area (Å²) in [4.78, 5) is 12.8. The normalized spacial score (nSPS) is 22.0. The highest BCUT2D eigenvalue weighted by Gasteiger charge is 2.22. The highest BCUT2D eigenvalue weighted by atomic mass is 15.2. The van der Waals surface area contributed by atoms with Crippen LogP contribution < -0.4 is 5.32 Å². The molecule has 110 valence electrons. The quantitative estimate of drug-likeness (QED) is 0.931. The maximum absolute atomic E-state index is 4.43. The number of aromatic nitrogens is 3. The Bertz CT molecular complexity index is 562. The molecule has 1 heterocycles. The van der Waals surface area contributed by atoms with Crippen molar-refractivity contribution >= 4 is 5.95 Å². The molecule has 0 spiro atoms. The van der Waals surface area contributed by atoms with Gasteiger partial charge in [0.1, 0.15) is 12.2 Å². The largest absolute Gasteiger partial charge is 0.351 e. The second-order valence-electron chi connectivity index (χ2n) is 5.68. The SMILES string of the molecule is CCc1ncnc(NC2CCC(c3ccccc3)CC2)n1. The molecule has 4 heteroatoms. The number of hydrogen-bond acceptors (Lipinski definition) is 4. The van der Waals surface area contributed by atoms with Crippen LogP contribution >= 0.6 is 0 Å². The first-order chi connectivity index (χ1) is 10.3. The standard InChI is InChI=1S/C17H22N4/c1-2-16-18-12-19-17(21-16)20-15-10-8-14(9-11-15)13-6-4-3-5-7-13/h3-7,12,14-15H,2,8-11H2,1H3,(H,18,19,20,21). The molecular formula is C17H22N4. The van der Waals surface area contributed by atoms with Crippen LogP contribution in [0.5, 0.6) is 0 Å². The number of nitrogens with zero attached hydrogens (tertiary/aromatic N) is 3. The molecule has 0 amide bonds. The maximum atomic E-state index is 4.43. The summed E-state index contributed by atoms with van der Waals surface area (Å²) in [7, 11) is 0. The Labute approximate surface area is 126 Å². The molecule has 0 radical (unpaired) electrons. The Balaban J connectivity index is 1.56. The summed E-state index contributed by atoms with van der Waals surface area (Å²) in [6.07, 6.45) is 7.25. The van der Waals surface area contributed by atoms with Crippen molar-refractivity contribution in [2.24, 2.45) is 0 Å². The lowest BCUT2D eigenvalue weighted by atomic mass is 9.82. The average Bonchev–Trinajstić information content (AvgIpc) is 2.56. The van der Waals surface area contributed by atoms with Crippen molar-refractivity contribution < 1.29 is 0 Å². The molecule has 1 aliphatic carbocycles. The molecule has 2 aromatic rings. The molecular weight excluding hydrogens is 260 g/mol. The van der Waals surface area contributed by atoms with E-state index in [1.807, 2.05) is 0 Å². The molecule has 0 saturated heterocycles. The van der Waals surface area contributed by atoms with Gasteiger partial charge in [0.05, 0.1) is 0 Å². The van der Waals surface area contributed by atoms with Gasteiger partial charge >= 0.3 is 0 Å². The van der Waals surface area contributed by atoms with E-state index in [9.17, 15) is 0 Å². The summed E-state index contributed by atoms with van der Waals surface area (Å²) in [6.45, 7) is 2.06. The number of aryl methyl sites for hydroxylation is 1. The highest BCUT2D eigenvalue weighted by molar-refractivity contribution is 5.26. The number of nitrogens with one attached hydrogen (secondary N) is 1. The zero-order chi connectivity index (χ0) is 14.5. The summed E-state index contributed by atoms with van der Waals surface area (Å²) in [6, 6.07) is 11.3. The molecule has 1 N–H and O–H groups in total. The first kappa shape index (κ1) is 14.0. The second kappa shape index (κ2) is 6.66. The molecule has 1 aliphatic rings. The summed E-state index contributed by atoms with van der Waals surface area (Å²) < 4.78 is 0. The maximum Gasteiger partial charge on any atom is 0.226 e. The van der Waals surface area contributed by atoms with Gasteiger partial charge in [-0.25, -0.2) is 9.97 Å². The third kappa shape index (κ3) is 3.57. The zero-order valence-corrected chi connectivity index (χ0v) is 12.5. The van der Waals surface area contributed by atoms with E-state index in [4.69, 9.17) is 0 Å². The van der Waals surface area contributed by atoms with E-state index in [-0.39, 0.29) is 0 Å². The second-order valence-corrected chi connectivity index (χ2v) is 5.68. The molecule has 0 atom stereocenters. The van der Waals surface area contributed by atoms with Crippen LogP contribution in [0.4, 0.5) is 5.95 Å². The molecule has 0 bridgehead atoms. The first-order valence-corrected chi connectivity index (χ1v) is 7.84. The minimum Gasteiger partial charge on any atom is -0.351 e. The topological polar surface area (TPSA) is 50.7 Å². The number of rotatable bonds is 4. The molecule has 1 fully saturated rings. The molecule has 0 aliphatic heterocycles. The van der Waals surface area contributed by atoms with Crippen molar-refractivity contribution in [1.29, 1.82) is 0 Å². The fourth-order valence-corrected chi connectivity index (χ4v) is 3.05. The number of benzene rings is 1. The van der Waals surface area contributed by atoms with Gasteiger partial charge in [0, 0.05) is 12.5 Å². The van der Waals surface area contributed by atoms with Crippen LogP contribution in [0.1, 0.15) is 49.9 Å². The lowest BCUT2D eigenvalue weighted by Crippen LogP contribution is -2.26. The van der Waals surface area contributed by atoms with E-state index < -0.39 is 0 Å². The zero-order valence-electron chi connectivity index (χ0n) is 12.5. The van der Waals surface area contributed by atoms with E-state index in [1.54, 1.807) is 6.33 Å². The van der Waals surface area contributed by atoms with Crippen LogP contribution in [-0.4, -0.2) is 21.0 Å². The van der Waals surface area contributed by atoms with Crippen molar-refractivity contribution in [2.75, 3.05) is 5.32 Å². The van der Waals surface area contributed by atoms with E-state index in [0.29, 0.717) is 12.0 Å². The minimum atomic E-state index is 0.483. The predicted molar refractivity (Wildman–Crippen MR) is 84.3 cm³/mol. The van der Waals surface area contributed by atoms with Crippen molar-refractivity contribution in [3.05, 3.63) is 48.0 Å². The lowest BCUT2D eigenvalue weighted by Gasteiger charge is -2.29. The van der Waals surface area contributed by atoms with Crippen LogP contribution in [0.3, 0.4) is 0 Å². The summed E-state index contributed by atoms with van der Waals surface area (Å²) in [5.41, 5.74) is 1.48. The first-order valence-electron chi connectivity index (χ1n) is 7.84. The van der Waals surface area contributed by atoms with Crippen molar-refractivity contribution in [1.82, 2.24) is 15.0 Å². The number of anilines is 1. The molecule has 1 aromatic heterocycles. The smallest absolute Gasteiger partial charge is 0.226 e. The van der Waals surface area contributed by atoms with Crippen LogP contribution in [0.2, 0.25) is 0 Å². The van der Waals surface area contributed by atoms with Gasteiger partial charge in [0.25, 0.3) is 0 Å². The van der Waals surface area contributed by atoms with E-state index in [0.717, 1.165) is 18.2 Å². The van der Waals surface area contributed by atoms with Gasteiger partial charge in [0.15, 0.2) is 0 Å². The monoisotopic (exact) mass is 282 g/mol. The Morgan fingerprint density at radius 1 is 1.05 bits per heavy atom. The molecule has 1 aromatic carbocycles. The molecule has 0 unspecified atom stereocenters.